The predicted molar refractivity (Wildman–Crippen MR) is 93.5 cm³/mol. The van der Waals surface area contributed by atoms with Gasteiger partial charge in [-0.25, -0.2) is 0 Å². The number of phenolic OH excluding ortho intramolecular Hbond substituents is 1. The van der Waals surface area contributed by atoms with E-state index in [1.165, 1.54) is 12.1 Å². The molecule has 0 aliphatic carbocycles. The van der Waals surface area contributed by atoms with Crippen molar-refractivity contribution in [3.8, 4) is 5.75 Å². The first-order chi connectivity index (χ1) is 11.5. The van der Waals surface area contributed by atoms with Crippen molar-refractivity contribution in [1.29, 1.82) is 0 Å². The van der Waals surface area contributed by atoms with E-state index in [4.69, 9.17) is 0 Å². The Kier molecular flexibility index (Phi) is 5.78. The highest BCUT2D eigenvalue weighted by molar-refractivity contribution is 5.97. The zero-order chi connectivity index (χ0) is 17.5. The van der Waals surface area contributed by atoms with Crippen LogP contribution in [0.2, 0.25) is 0 Å². The van der Waals surface area contributed by atoms with Gasteiger partial charge in [-0.15, -0.1) is 0 Å². The Morgan fingerprint density at radius 1 is 0.917 bits per heavy atom. The van der Waals surface area contributed by atoms with Crippen LogP contribution in [0.4, 0.5) is 5.69 Å². The minimum Gasteiger partial charge on any atom is -0.507 e. The van der Waals surface area contributed by atoms with E-state index in [0.29, 0.717) is 12.1 Å². The molecule has 126 valence electrons. The first-order valence-electron chi connectivity index (χ1n) is 7.61. The first kappa shape index (κ1) is 17.3. The van der Waals surface area contributed by atoms with Gasteiger partial charge in [0.25, 0.3) is 11.8 Å². The summed E-state index contributed by atoms with van der Waals surface area (Å²) in [7, 11) is 3.87. The predicted octanol–water partition coefficient (Wildman–Crippen LogP) is 1.62. The second-order valence-electron chi connectivity index (χ2n) is 5.47. The molecule has 6 nitrogen and oxygen atoms in total. The van der Waals surface area contributed by atoms with Crippen molar-refractivity contribution in [2.24, 2.45) is 0 Å². The van der Waals surface area contributed by atoms with Gasteiger partial charge in [-0.05, 0) is 36.4 Å². The van der Waals surface area contributed by atoms with Gasteiger partial charge in [0.1, 0.15) is 5.75 Å². The Bertz CT molecular complexity index is 712. The van der Waals surface area contributed by atoms with Gasteiger partial charge in [0.15, 0.2) is 0 Å². The van der Waals surface area contributed by atoms with Crippen LogP contribution in [-0.2, 0) is 0 Å². The zero-order valence-corrected chi connectivity index (χ0v) is 13.7. The van der Waals surface area contributed by atoms with Gasteiger partial charge in [-0.2, -0.15) is 0 Å². The molecule has 0 heterocycles. The number of hydrogen-bond donors (Lipinski definition) is 3. The summed E-state index contributed by atoms with van der Waals surface area (Å²) in [5, 5.41) is 15.0. The standard InChI is InChI=1S/C18H21N3O3/c1-21(2)14-9-7-13(8-10-14)17(23)19-11-12-20-18(24)15-5-3-4-6-16(15)22/h3-10,22H,11-12H2,1-2H3,(H,19,23)(H,20,24). The molecule has 0 unspecified atom stereocenters. The van der Waals surface area contributed by atoms with E-state index in [1.807, 2.05) is 31.1 Å². The summed E-state index contributed by atoms with van der Waals surface area (Å²) in [6.45, 7) is 0.572. The Morgan fingerprint density at radius 3 is 2.08 bits per heavy atom. The fraction of sp³-hybridized carbons (Fsp3) is 0.222. The molecule has 0 saturated heterocycles. The van der Waals surface area contributed by atoms with Crippen LogP contribution in [0.3, 0.4) is 0 Å². The fourth-order valence-electron chi connectivity index (χ4n) is 2.13. The number of phenols is 1. The maximum Gasteiger partial charge on any atom is 0.255 e. The highest BCUT2D eigenvalue weighted by Crippen LogP contribution is 2.15. The SMILES string of the molecule is CN(C)c1ccc(C(=O)NCCNC(=O)c2ccccc2O)cc1. The van der Waals surface area contributed by atoms with Crippen molar-refractivity contribution >= 4 is 17.5 Å². The molecule has 0 spiro atoms. The van der Waals surface area contributed by atoms with Gasteiger partial charge in [-0.1, -0.05) is 12.1 Å². The van der Waals surface area contributed by atoms with Crippen LogP contribution >= 0.6 is 0 Å². The Morgan fingerprint density at radius 2 is 1.50 bits per heavy atom. The van der Waals surface area contributed by atoms with E-state index < -0.39 is 0 Å². The minimum absolute atomic E-state index is 0.0694. The zero-order valence-electron chi connectivity index (χ0n) is 13.7. The molecule has 0 bridgehead atoms. The Hall–Kier alpha value is -3.02. The van der Waals surface area contributed by atoms with Crippen molar-refractivity contribution in [2.45, 2.75) is 0 Å². The second kappa shape index (κ2) is 8.01. The van der Waals surface area contributed by atoms with Crippen LogP contribution in [-0.4, -0.2) is 44.1 Å². The molecule has 0 aliphatic rings. The third-order valence-electron chi connectivity index (χ3n) is 3.49. The number of aromatic hydroxyl groups is 1. The highest BCUT2D eigenvalue weighted by atomic mass is 16.3. The molecule has 2 rings (SSSR count). The number of hydrogen-bond acceptors (Lipinski definition) is 4. The fourth-order valence-corrected chi connectivity index (χ4v) is 2.13. The Labute approximate surface area is 141 Å². The molecular formula is C18H21N3O3. The van der Waals surface area contributed by atoms with Crippen LogP contribution in [0.1, 0.15) is 20.7 Å². The van der Waals surface area contributed by atoms with Gasteiger partial charge in [0, 0.05) is 38.4 Å². The molecule has 2 amide bonds. The van der Waals surface area contributed by atoms with Gasteiger partial charge < -0.3 is 20.6 Å². The van der Waals surface area contributed by atoms with E-state index in [9.17, 15) is 14.7 Å². The number of para-hydroxylation sites is 1. The van der Waals surface area contributed by atoms with Crippen molar-refractivity contribution in [2.75, 3.05) is 32.1 Å². The highest BCUT2D eigenvalue weighted by Gasteiger charge is 2.10. The molecule has 24 heavy (non-hydrogen) atoms. The van der Waals surface area contributed by atoms with Gasteiger partial charge in [-0.3, -0.25) is 9.59 Å². The molecule has 2 aromatic rings. The van der Waals surface area contributed by atoms with Gasteiger partial charge in [0.2, 0.25) is 0 Å². The summed E-state index contributed by atoms with van der Waals surface area (Å²) in [4.78, 5) is 25.9. The van der Waals surface area contributed by atoms with Gasteiger partial charge >= 0.3 is 0 Å². The van der Waals surface area contributed by atoms with E-state index >= 15 is 0 Å². The number of benzene rings is 2. The average molecular weight is 327 g/mol. The number of nitrogens with one attached hydrogen (secondary N) is 2. The third-order valence-corrected chi connectivity index (χ3v) is 3.49. The Balaban J connectivity index is 1.78. The minimum atomic E-state index is -0.377. The monoisotopic (exact) mass is 327 g/mol. The van der Waals surface area contributed by atoms with Crippen LogP contribution in [0, 0.1) is 0 Å². The lowest BCUT2D eigenvalue weighted by Crippen LogP contribution is -2.34. The molecule has 3 N–H and O–H groups in total. The number of nitrogens with zero attached hydrogens (tertiary/aromatic N) is 1. The van der Waals surface area contributed by atoms with E-state index in [1.54, 1.807) is 24.3 Å². The average Bonchev–Trinajstić information content (AvgIpc) is 2.58. The first-order valence-corrected chi connectivity index (χ1v) is 7.61. The maximum absolute atomic E-state index is 12.0. The van der Waals surface area contributed by atoms with Crippen LogP contribution < -0.4 is 15.5 Å². The number of rotatable bonds is 6. The lowest BCUT2D eigenvalue weighted by Gasteiger charge is -2.12. The molecule has 6 heteroatoms. The smallest absolute Gasteiger partial charge is 0.255 e. The molecule has 0 saturated carbocycles. The molecule has 0 aromatic heterocycles. The molecule has 0 aliphatic heterocycles. The number of carbonyl (C=O) groups excluding carboxylic acids is 2. The lowest BCUT2D eigenvalue weighted by molar-refractivity contribution is 0.0926. The lowest BCUT2D eigenvalue weighted by atomic mass is 10.2. The summed E-state index contributed by atoms with van der Waals surface area (Å²) >= 11 is 0. The molecular weight excluding hydrogens is 306 g/mol. The summed E-state index contributed by atoms with van der Waals surface area (Å²) in [6, 6.07) is 13.6. The van der Waals surface area contributed by atoms with Crippen molar-refractivity contribution < 1.29 is 14.7 Å². The van der Waals surface area contributed by atoms with E-state index in [-0.39, 0.29) is 29.7 Å². The summed E-state index contributed by atoms with van der Waals surface area (Å²) in [6.07, 6.45) is 0. The van der Waals surface area contributed by atoms with Crippen molar-refractivity contribution in [1.82, 2.24) is 10.6 Å². The third kappa shape index (κ3) is 4.49. The second-order valence-corrected chi connectivity index (χ2v) is 5.47. The van der Waals surface area contributed by atoms with Crippen molar-refractivity contribution in [3.63, 3.8) is 0 Å². The molecule has 0 radical (unpaired) electrons. The summed E-state index contributed by atoms with van der Waals surface area (Å²) in [5.74, 6) is -0.644. The van der Waals surface area contributed by atoms with Crippen LogP contribution in [0.25, 0.3) is 0 Å². The van der Waals surface area contributed by atoms with Crippen molar-refractivity contribution in [3.05, 3.63) is 59.7 Å². The molecule has 0 fully saturated rings. The number of anilines is 1. The molecule has 2 aromatic carbocycles. The van der Waals surface area contributed by atoms with E-state index in [0.717, 1.165) is 5.69 Å². The normalized spacial score (nSPS) is 10.1. The largest absolute Gasteiger partial charge is 0.507 e. The van der Waals surface area contributed by atoms with Gasteiger partial charge in [0.05, 0.1) is 5.56 Å². The molecule has 0 atom stereocenters. The van der Waals surface area contributed by atoms with Crippen LogP contribution in [0.15, 0.2) is 48.5 Å². The summed E-state index contributed by atoms with van der Waals surface area (Å²) < 4.78 is 0. The maximum atomic E-state index is 12.0. The number of amides is 2. The topological polar surface area (TPSA) is 81.7 Å². The van der Waals surface area contributed by atoms with Crippen LogP contribution in [0.5, 0.6) is 5.75 Å². The van der Waals surface area contributed by atoms with E-state index in [2.05, 4.69) is 10.6 Å². The number of carbonyl (C=O) groups is 2. The quantitative estimate of drug-likeness (QED) is 0.704. The summed E-state index contributed by atoms with van der Waals surface area (Å²) in [5.41, 5.74) is 1.79.